The summed E-state index contributed by atoms with van der Waals surface area (Å²) in [6.07, 6.45) is 3.30. The number of halogens is 1. The second kappa shape index (κ2) is 9.92. The third-order valence-electron chi connectivity index (χ3n) is 3.93. The van der Waals surface area contributed by atoms with E-state index in [2.05, 4.69) is 25.9 Å². The molecule has 0 saturated carbocycles. The van der Waals surface area contributed by atoms with E-state index in [0.717, 1.165) is 5.56 Å². The van der Waals surface area contributed by atoms with Crippen molar-refractivity contribution in [2.24, 2.45) is 4.99 Å². The molecule has 2 aromatic carbocycles. The van der Waals surface area contributed by atoms with Gasteiger partial charge in [0.15, 0.2) is 0 Å². The normalized spacial score (nSPS) is 10.9. The molecule has 1 aromatic heterocycles. The minimum absolute atomic E-state index is 0.160. The number of nitrogens with zero attached hydrogens (tertiary/aromatic N) is 2. The molecule has 3 aromatic rings. The van der Waals surface area contributed by atoms with E-state index in [0.29, 0.717) is 16.9 Å². The molecule has 0 bridgehead atoms. The molecular weight excluding hydrogens is 385 g/mol. The van der Waals surface area contributed by atoms with E-state index >= 15 is 0 Å². The fourth-order valence-corrected chi connectivity index (χ4v) is 2.59. The van der Waals surface area contributed by atoms with E-state index < -0.39 is 11.7 Å². The van der Waals surface area contributed by atoms with Gasteiger partial charge >= 0.3 is 0 Å². The molecule has 2 amide bonds. The largest absolute Gasteiger partial charge is 0.326 e. The predicted molar refractivity (Wildman–Crippen MR) is 114 cm³/mol. The average molecular weight is 405 g/mol. The summed E-state index contributed by atoms with van der Waals surface area (Å²) in [5, 5.41) is 8.27. The van der Waals surface area contributed by atoms with E-state index in [1.807, 2.05) is 12.1 Å². The maximum atomic E-state index is 13.5. The van der Waals surface area contributed by atoms with Gasteiger partial charge < -0.3 is 10.6 Å². The van der Waals surface area contributed by atoms with Gasteiger partial charge in [0, 0.05) is 36.3 Å². The topological polar surface area (TPSA) is 95.5 Å². The van der Waals surface area contributed by atoms with Gasteiger partial charge in [-0.1, -0.05) is 12.1 Å². The number of pyridine rings is 1. The number of aliphatic imine (C=N–C) groups is 1. The van der Waals surface area contributed by atoms with Crippen molar-refractivity contribution >= 4 is 29.1 Å². The van der Waals surface area contributed by atoms with Gasteiger partial charge in [-0.3, -0.25) is 19.9 Å². The zero-order valence-electron chi connectivity index (χ0n) is 16.2. The summed E-state index contributed by atoms with van der Waals surface area (Å²) in [4.78, 5) is 32.3. The molecule has 152 valence electrons. The van der Waals surface area contributed by atoms with Gasteiger partial charge in [0.05, 0.1) is 6.54 Å². The first-order valence-corrected chi connectivity index (χ1v) is 9.14. The summed E-state index contributed by atoms with van der Waals surface area (Å²) in [6, 6.07) is 16.0. The molecule has 0 aliphatic carbocycles. The van der Waals surface area contributed by atoms with E-state index in [9.17, 15) is 14.0 Å². The second-order valence-corrected chi connectivity index (χ2v) is 6.37. The summed E-state index contributed by atoms with van der Waals surface area (Å²) >= 11 is 0. The maximum Gasteiger partial charge on any atom is 0.258 e. The molecule has 0 fully saturated rings. The summed E-state index contributed by atoms with van der Waals surface area (Å²) in [5.41, 5.74) is 2.17. The molecule has 1 heterocycles. The number of rotatable bonds is 5. The van der Waals surface area contributed by atoms with Crippen LogP contribution in [0.25, 0.3) is 0 Å². The molecule has 0 radical (unpaired) electrons. The van der Waals surface area contributed by atoms with Gasteiger partial charge in [0.25, 0.3) is 5.91 Å². The van der Waals surface area contributed by atoms with Crippen molar-refractivity contribution in [3.63, 3.8) is 0 Å². The Labute approximate surface area is 173 Å². The maximum absolute atomic E-state index is 13.5. The van der Waals surface area contributed by atoms with Crippen LogP contribution in [0.5, 0.6) is 0 Å². The summed E-state index contributed by atoms with van der Waals surface area (Å²) in [6.45, 7) is 1.67. The predicted octanol–water partition coefficient (Wildman–Crippen LogP) is 3.58. The highest BCUT2D eigenvalue weighted by Crippen LogP contribution is 2.12. The first kappa shape index (κ1) is 20.7. The molecule has 0 atom stereocenters. The number of guanidine groups is 1. The van der Waals surface area contributed by atoms with Crippen molar-refractivity contribution in [3.05, 3.63) is 90.0 Å². The lowest BCUT2D eigenvalue weighted by Gasteiger charge is -2.13. The van der Waals surface area contributed by atoms with Crippen LogP contribution in [0.4, 0.5) is 15.8 Å². The highest BCUT2D eigenvalue weighted by molar-refractivity contribution is 6.10. The first-order valence-electron chi connectivity index (χ1n) is 9.14. The monoisotopic (exact) mass is 405 g/mol. The van der Waals surface area contributed by atoms with Crippen LogP contribution in [-0.4, -0.2) is 22.8 Å². The van der Waals surface area contributed by atoms with Crippen LogP contribution in [0, 0.1) is 5.82 Å². The van der Waals surface area contributed by atoms with E-state index in [4.69, 9.17) is 0 Å². The molecule has 3 rings (SSSR count). The van der Waals surface area contributed by atoms with Crippen molar-refractivity contribution in [2.75, 3.05) is 10.6 Å². The van der Waals surface area contributed by atoms with Crippen molar-refractivity contribution in [1.29, 1.82) is 0 Å². The number of hydrogen-bond donors (Lipinski definition) is 3. The molecule has 3 N–H and O–H groups in total. The van der Waals surface area contributed by atoms with Gasteiger partial charge in [0.2, 0.25) is 11.9 Å². The lowest BCUT2D eigenvalue weighted by atomic mass is 10.2. The summed E-state index contributed by atoms with van der Waals surface area (Å²) in [5.74, 6) is -0.922. The minimum atomic E-state index is -0.431. The lowest BCUT2D eigenvalue weighted by molar-refractivity contribution is -0.114. The molecule has 0 spiro atoms. The zero-order chi connectivity index (χ0) is 21.3. The smallest absolute Gasteiger partial charge is 0.258 e. The van der Waals surface area contributed by atoms with Crippen LogP contribution in [0.15, 0.2) is 78.0 Å². The highest BCUT2D eigenvalue weighted by Gasteiger charge is 2.11. The van der Waals surface area contributed by atoms with Gasteiger partial charge in [-0.05, 0) is 54.1 Å². The number of benzene rings is 2. The summed E-state index contributed by atoms with van der Waals surface area (Å²) < 4.78 is 13.5. The molecule has 30 heavy (non-hydrogen) atoms. The SMILES string of the molecule is CC(=O)Nc1cccc(C(=O)NC(=NCc2ccncc2)Nc2cccc(F)c2)c1. The van der Waals surface area contributed by atoms with Crippen LogP contribution in [0.3, 0.4) is 0 Å². The molecule has 0 unspecified atom stereocenters. The molecular formula is C22H20FN5O2. The van der Waals surface area contributed by atoms with Gasteiger partial charge in [-0.25, -0.2) is 9.38 Å². The standard InChI is InChI=1S/C22H20FN5O2/c1-15(29)26-19-6-2-4-17(12-19)21(30)28-22(25-14-16-8-10-24-11-9-16)27-20-7-3-5-18(23)13-20/h2-13H,14H2,1H3,(H,26,29)(H2,25,27,28,30). The Hall–Kier alpha value is -4.07. The Morgan fingerprint density at radius 2 is 1.67 bits per heavy atom. The fourth-order valence-electron chi connectivity index (χ4n) is 2.59. The van der Waals surface area contributed by atoms with Crippen molar-refractivity contribution < 1.29 is 14.0 Å². The van der Waals surface area contributed by atoms with E-state index in [1.54, 1.807) is 48.8 Å². The lowest BCUT2D eigenvalue weighted by Crippen LogP contribution is -2.36. The molecule has 8 heteroatoms. The van der Waals surface area contributed by atoms with E-state index in [1.165, 1.54) is 19.1 Å². The van der Waals surface area contributed by atoms with Gasteiger partial charge in [-0.15, -0.1) is 0 Å². The van der Waals surface area contributed by atoms with Crippen LogP contribution in [-0.2, 0) is 11.3 Å². The Balaban J connectivity index is 1.80. The molecule has 7 nitrogen and oxygen atoms in total. The third kappa shape index (κ3) is 6.23. The third-order valence-corrected chi connectivity index (χ3v) is 3.93. The fraction of sp³-hybridized carbons (Fsp3) is 0.0909. The van der Waals surface area contributed by atoms with E-state index in [-0.39, 0.29) is 18.4 Å². The highest BCUT2D eigenvalue weighted by atomic mass is 19.1. The van der Waals surface area contributed by atoms with Gasteiger partial charge in [0.1, 0.15) is 5.82 Å². The Kier molecular flexibility index (Phi) is 6.83. The number of carbonyl (C=O) groups excluding carboxylic acids is 2. The minimum Gasteiger partial charge on any atom is -0.326 e. The van der Waals surface area contributed by atoms with Gasteiger partial charge in [-0.2, -0.15) is 0 Å². The average Bonchev–Trinajstić information content (AvgIpc) is 2.72. The van der Waals surface area contributed by atoms with Crippen LogP contribution >= 0.6 is 0 Å². The van der Waals surface area contributed by atoms with Crippen LogP contribution in [0.2, 0.25) is 0 Å². The number of amides is 2. The Morgan fingerprint density at radius 3 is 2.37 bits per heavy atom. The molecule has 0 aliphatic rings. The number of carbonyl (C=O) groups is 2. The number of anilines is 2. The van der Waals surface area contributed by atoms with Crippen molar-refractivity contribution in [1.82, 2.24) is 10.3 Å². The van der Waals surface area contributed by atoms with Crippen molar-refractivity contribution in [2.45, 2.75) is 13.5 Å². The zero-order valence-corrected chi connectivity index (χ0v) is 16.2. The first-order chi connectivity index (χ1) is 14.5. The second-order valence-electron chi connectivity index (χ2n) is 6.37. The number of hydrogen-bond acceptors (Lipinski definition) is 4. The van der Waals surface area contributed by atoms with Crippen LogP contribution < -0.4 is 16.0 Å². The Morgan fingerprint density at radius 1 is 0.967 bits per heavy atom. The number of aromatic nitrogens is 1. The molecule has 0 saturated heterocycles. The summed E-state index contributed by atoms with van der Waals surface area (Å²) in [7, 11) is 0. The van der Waals surface area contributed by atoms with Crippen LogP contribution in [0.1, 0.15) is 22.8 Å². The van der Waals surface area contributed by atoms with Crippen molar-refractivity contribution in [3.8, 4) is 0 Å². The quantitative estimate of drug-likeness (QED) is 0.447. The Bertz CT molecular complexity index is 1070. The number of nitrogens with one attached hydrogen (secondary N) is 3. The molecule has 0 aliphatic heterocycles.